The molecule has 20 heavy (non-hydrogen) atoms. The molecule has 0 aliphatic heterocycles. The Hall–Kier alpha value is -1.96. The quantitative estimate of drug-likeness (QED) is 0.710. The number of carbonyl (C=O) groups excluding carboxylic acids is 1. The van der Waals surface area contributed by atoms with Gasteiger partial charge in [-0.3, -0.25) is 9.78 Å². The number of nitrogens with zero attached hydrogens (tertiary/aromatic N) is 1. The number of carboxylic acids is 1. The molecule has 1 unspecified atom stereocenters. The molecule has 0 aliphatic rings. The number of hydrogen-bond acceptors (Lipinski definition) is 5. The fraction of sp³-hybridized carbons (Fsp3) is 0.417. The lowest BCUT2D eigenvalue weighted by atomic mass is 10.2. The molecule has 0 spiro atoms. The lowest BCUT2D eigenvalue weighted by Gasteiger charge is -2.13. The number of amides is 1. The van der Waals surface area contributed by atoms with Crippen LogP contribution < -0.4 is 5.32 Å². The van der Waals surface area contributed by atoms with E-state index in [0.29, 0.717) is 5.69 Å². The van der Waals surface area contributed by atoms with Crippen molar-refractivity contribution >= 4 is 21.7 Å². The van der Waals surface area contributed by atoms with Crippen LogP contribution in [0.25, 0.3) is 0 Å². The van der Waals surface area contributed by atoms with Gasteiger partial charge in [0.15, 0.2) is 0 Å². The van der Waals surface area contributed by atoms with E-state index >= 15 is 0 Å². The zero-order valence-electron chi connectivity index (χ0n) is 10.9. The van der Waals surface area contributed by atoms with Crippen LogP contribution in [0.2, 0.25) is 0 Å². The summed E-state index contributed by atoms with van der Waals surface area (Å²) in [6.07, 6.45) is 2.33. The largest absolute Gasteiger partial charge is 0.480 e. The molecule has 0 saturated carbocycles. The number of carboxylic acid groups (broad SMARTS) is 1. The fourth-order valence-electron chi connectivity index (χ4n) is 1.50. The third-order valence-corrected chi connectivity index (χ3v) is 3.46. The highest BCUT2D eigenvalue weighted by Gasteiger charge is 2.21. The van der Waals surface area contributed by atoms with Gasteiger partial charge in [0.1, 0.15) is 15.9 Å². The minimum absolute atomic E-state index is 0.0521. The molecule has 0 aliphatic carbocycles. The van der Waals surface area contributed by atoms with Gasteiger partial charge in [-0.25, -0.2) is 13.2 Å². The van der Waals surface area contributed by atoms with Crippen LogP contribution in [0.4, 0.5) is 0 Å². The van der Waals surface area contributed by atoms with Gasteiger partial charge in [-0.05, 0) is 18.6 Å². The van der Waals surface area contributed by atoms with E-state index in [1.54, 1.807) is 18.2 Å². The van der Waals surface area contributed by atoms with Crippen LogP contribution in [0.1, 0.15) is 12.1 Å². The normalized spacial score (nSPS) is 12.7. The summed E-state index contributed by atoms with van der Waals surface area (Å²) < 4.78 is 22.0. The van der Waals surface area contributed by atoms with Crippen LogP contribution >= 0.6 is 0 Å². The second-order valence-electron chi connectivity index (χ2n) is 4.37. The fourth-order valence-corrected chi connectivity index (χ4v) is 2.17. The highest BCUT2D eigenvalue weighted by atomic mass is 32.2. The number of sulfone groups is 1. The first-order chi connectivity index (χ1) is 9.28. The number of aromatic nitrogens is 1. The maximum atomic E-state index is 11.7. The topological polar surface area (TPSA) is 113 Å². The monoisotopic (exact) mass is 300 g/mol. The Labute approximate surface area is 116 Å². The van der Waals surface area contributed by atoms with Gasteiger partial charge in [-0.2, -0.15) is 0 Å². The van der Waals surface area contributed by atoms with Crippen molar-refractivity contribution in [2.75, 3.05) is 12.0 Å². The van der Waals surface area contributed by atoms with Gasteiger partial charge in [0, 0.05) is 18.1 Å². The maximum Gasteiger partial charge on any atom is 0.326 e. The summed E-state index contributed by atoms with van der Waals surface area (Å²) in [5, 5.41) is 11.3. The number of hydrogen-bond donors (Lipinski definition) is 2. The first kappa shape index (κ1) is 16.1. The smallest absolute Gasteiger partial charge is 0.326 e. The first-order valence-electron chi connectivity index (χ1n) is 5.88. The van der Waals surface area contributed by atoms with Crippen LogP contribution in [0.5, 0.6) is 0 Å². The minimum atomic E-state index is -3.27. The molecule has 0 bridgehead atoms. The van der Waals surface area contributed by atoms with Crippen molar-refractivity contribution in [3.63, 3.8) is 0 Å². The summed E-state index contributed by atoms with van der Waals surface area (Å²) in [4.78, 5) is 26.6. The van der Waals surface area contributed by atoms with Crippen molar-refractivity contribution in [1.82, 2.24) is 10.3 Å². The average Bonchev–Trinajstić information content (AvgIpc) is 2.34. The molecule has 0 fully saturated rings. The Morgan fingerprint density at radius 2 is 2.10 bits per heavy atom. The van der Waals surface area contributed by atoms with Gasteiger partial charge >= 0.3 is 5.97 Å². The SMILES string of the molecule is CS(=O)(=O)CCC(NC(=O)Cc1ccccn1)C(=O)O. The summed E-state index contributed by atoms with van der Waals surface area (Å²) in [6.45, 7) is 0. The molecule has 1 rings (SSSR count). The van der Waals surface area contributed by atoms with E-state index in [-0.39, 0.29) is 18.6 Å². The van der Waals surface area contributed by atoms with E-state index in [9.17, 15) is 18.0 Å². The van der Waals surface area contributed by atoms with E-state index in [4.69, 9.17) is 5.11 Å². The van der Waals surface area contributed by atoms with Crippen LogP contribution in [0, 0.1) is 0 Å². The molecule has 0 radical (unpaired) electrons. The minimum Gasteiger partial charge on any atom is -0.480 e. The second-order valence-corrected chi connectivity index (χ2v) is 6.63. The maximum absolute atomic E-state index is 11.7. The molecule has 1 aromatic rings. The second kappa shape index (κ2) is 6.99. The molecule has 0 aromatic carbocycles. The molecule has 1 atom stereocenters. The molecule has 0 saturated heterocycles. The summed E-state index contributed by atoms with van der Waals surface area (Å²) in [7, 11) is -3.27. The molecule has 2 N–H and O–H groups in total. The Morgan fingerprint density at radius 3 is 2.60 bits per heavy atom. The zero-order chi connectivity index (χ0) is 15.2. The summed E-state index contributed by atoms with van der Waals surface area (Å²) in [5.41, 5.74) is 0.511. The van der Waals surface area contributed by atoms with Crippen LogP contribution in [0.15, 0.2) is 24.4 Å². The highest BCUT2D eigenvalue weighted by molar-refractivity contribution is 7.90. The Morgan fingerprint density at radius 1 is 1.40 bits per heavy atom. The predicted octanol–water partition coefficient (Wildman–Crippen LogP) is -0.372. The lowest BCUT2D eigenvalue weighted by Crippen LogP contribution is -2.42. The van der Waals surface area contributed by atoms with Crippen LogP contribution in [0.3, 0.4) is 0 Å². The van der Waals surface area contributed by atoms with E-state index in [1.165, 1.54) is 6.20 Å². The van der Waals surface area contributed by atoms with E-state index in [1.807, 2.05) is 0 Å². The molecule has 1 heterocycles. The van der Waals surface area contributed by atoms with Crippen molar-refractivity contribution in [1.29, 1.82) is 0 Å². The third kappa shape index (κ3) is 6.28. The Kier molecular flexibility index (Phi) is 5.63. The number of pyridine rings is 1. The van der Waals surface area contributed by atoms with Crippen molar-refractivity contribution in [2.45, 2.75) is 18.9 Å². The van der Waals surface area contributed by atoms with E-state index in [0.717, 1.165) is 6.26 Å². The molecular weight excluding hydrogens is 284 g/mol. The van der Waals surface area contributed by atoms with Gasteiger partial charge in [0.05, 0.1) is 12.2 Å². The number of rotatable bonds is 7. The number of aliphatic carboxylic acids is 1. The van der Waals surface area contributed by atoms with Gasteiger partial charge < -0.3 is 10.4 Å². The van der Waals surface area contributed by atoms with Gasteiger partial charge in [-0.1, -0.05) is 6.07 Å². The van der Waals surface area contributed by atoms with Gasteiger partial charge in [0.2, 0.25) is 5.91 Å². The Bertz CT molecular complexity index is 571. The summed E-state index contributed by atoms with van der Waals surface area (Å²) in [6, 6.07) is 3.84. The lowest BCUT2D eigenvalue weighted by molar-refractivity contribution is -0.141. The molecular formula is C12H16N2O5S. The van der Waals surface area contributed by atoms with E-state index in [2.05, 4.69) is 10.3 Å². The molecule has 7 nitrogen and oxygen atoms in total. The molecule has 1 aromatic heterocycles. The summed E-state index contributed by atoms with van der Waals surface area (Å²) >= 11 is 0. The van der Waals surface area contributed by atoms with Crippen molar-refractivity contribution in [2.24, 2.45) is 0 Å². The number of carbonyl (C=O) groups is 2. The molecule has 1 amide bonds. The Balaban J connectivity index is 2.57. The van der Waals surface area contributed by atoms with Gasteiger partial charge in [-0.15, -0.1) is 0 Å². The van der Waals surface area contributed by atoms with Gasteiger partial charge in [0.25, 0.3) is 0 Å². The third-order valence-electron chi connectivity index (χ3n) is 2.48. The van der Waals surface area contributed by atoms with Crippen LogP contribution in [-0.2, 0) is 25.8 Å². The number of nitrogens with one attached hydrogen (secondary N) is 1. The molecule has 8 heteroatoms. The first-order valence-corrected chi connectivity index (χ1v) is 7.94. The average molecular weight is 300 g/mol. The summed E-state index contributed by atoms with van der Waals surface area (Å²) in [5.74, 6) is -2.07. The highest BCUT2D eigenvalue weighted by Crippen LogP contribution is 2.00. The van der Waals surface area contributed by atoms with Crippen molar-refractivity contribution in [3.8, 4) is 0 Å². The standard InChI is InChI=1S/C12H16N2O5S/c1-20(18,19)7-5-10(12(16)17)14-11(15)8-9-4-2-3-6-13-9/h2-4,6,10H,5,7-8H2,1H3,(H,14,15)(H,16,17). The van der Waals surface area contributed by atoms with E-state index < -0.39 is 27.8 Å². The van der Waals surface area contributed by atoms with Crippen molar-refractivity contribution < 1.29 is 23.1 Å². The van der Waals surface area contributed by atoms with Crippen molar-refractivity contribution in [3.05, 3.63) is 30.1 Å². The predicted molar refractivity (Wildman–Crippen MR) is 71.8 cm³/mol. The zero-order valence-corrected chi connectivity index (χ0v) is 11.8. The van der Waals surface area contributed by atoms with Crippen LogP contribution in [-0.4, -0.2) is 48.4 Å². The molecule has 110 valence electrons.